The van der Waals surface area contributed by atoms with Gasteiger partial charge >= 0.3 is 0 Å². The zero-order valence-electron chi connectivity index (χ0n) is 12.4. The molecule has 3 nitrogen and oxygen atoms in total. The molecule has 0 aliphatic heterocycles. The van der Waals surface area contributed by atoms with Crippen LogP contribution >= 0.6 is 22.6 Å². The van der Waals surface area contributed by atoms with Gasteiger partial charge < -0.3 is 9.84 Å². The lowest BCUT2D eigenvalue weighted by Crippen LogP contribution is -1.96. The summed E-state index contributed by atoms with van der Waals surface area (Å²) in [7, 11) is 0. The Morgan fingerprint density at radius 1 is 1.32 bits per heavy atom. The number of rotatable bonds is 6. The molecule has 0 unspecified atom stereocenters. The third-order valence-electron chi connectivity index (χ3n) is 3.01. The molecule has 0 aromatic heterocycles. The van der Waals surface area contributed by atoms with Crippen LogP contribution in [0.2, 0.25) is 0 Å². The minimum absolute atomic E-state index is 0.174. The molecule has 0 amide bonds. The van der Waals surface area contributed by atoms with Crippen molar-refractivity contribution in [2.24, 2.45) is 4.99 Å². The van der Waals surface area contributed by atoms with Crippen LogP contribution in [-0.2, 0) is 6.42 Å². The normalized spacial score (nSPS) is 10.8. The second-order valence-electron chi connectivity index (χ2n) is 4.69. The Kier molecular flexibility index (Phi) is 6.00. The van der Waals surface area contributed by atoms with E-state index >= 15 is 0 Å². The first-order valence-electron chi connectivity index (χ1n) is 7.03. The molecule has 2 aromatic rings. The monoisotopic (exact) mass is 407 g/mol. The lowest BCUT2D eigenvalue weighted by molar-refractivity contribution is 0.317. The van der Waals surface area contributed by atoms with Gasteiger partial charge in [0.1, 0.15) is 0 Å². The Morgan fingerprint density at radius 2 is 2.14 bits per heavy atom. The first-order valence-corrected chi connectivity index (χ1v) is 8.11. The molecule has 0 aliphatic rings. The van der Waals surface area contributed by atoms with Gasteiger partial charge in [-0.2, -0.15) is 0 Å². The summed E-state index contributed by atoms with van der Waals surface area (Å²) in [4.78, 5) is 4.48. The first-order chi connectivity index (χ1) is 10.6. The summed E-state index contributed by atoms with van der Waals surface area (Å²) in [5.74, 6) is 0.652. The van der Waals surface area contributed by atoms with Crippen molar-refractivity contribution < 1.29 is 9.84 Å². The molecule has 2 aromatic carbocycles. The fraction of sp³-hybridized carbons (Fsp3) is 0.167. The minimum Gasteiger partial charge on any atom is -0.504 e. The summed E-state index contributed by atoms with van der Waals surface area (Å²) < 4.78 is 6.63. The summed E-state index contributed by atoms with van der Waals surface area (Å²) in [6, 6.07) is 11.6. The minimum atomic E-state index is 0.174. The summed E-state index contributed by atoms with van der Waals surface area (Å²) in [5.41, 5.74) is 2.56. The molecule has 0 saturated heterocycles. The first kappa shape index (κ1) is 16.5. The number of hydrogen-bond acceptors (Lipinski definition) is 3. The van der Waals surface area contributed by atoms with Crippen LogP contribution in [0, 0.1) is 3.57 Å². The van der Waals surface area contributed by atoms with E-state index in [1.165, 1.54) is 0 Å². The molecule has 0 bridgehead atoms. The second kappa shape index (κ2) is 7.98. The Hall–Kier alpha value is -1.82. The van der Waals surface area contributed by atoms with Gasteiger partial charge in [0.2, 0.25) is 0 Å². The zero-order valence-corrected chi connectivity index (χ0v) is 14.6. The fourth-order valence-corrected chi connectivity index (χ4v) is 2.57. The standard InChI is InChI=1S/C18H18INO2/c1-3-6-14-9-13(10-17(18(14)21)22-4-2)12-20-16-8-5-7-15(19)11-16/h3,5,7-12,21H,1,4,6H2,2H3. The third kappa shape index (κ3) is 4.34. The highest BCUT2D eigenvalue weighted by molar-refractivity contribution is 14.1. The Bertz CT molecular complexity index is 695. The maximum absolute atomic E-state index is 10.2. The Labute approximate surface area is 144 Å². The van der Waals surface area contributed by atoms with Crippen LogP contribution in [0.4, 0.5) is 5.69 Å². The van der Waals surface area contributed by atoms with E-state index in [2.05, 4.69) is 34.2 Å². The molecule has 1 N–H and O–H groups in total. The number of benzene rings is 2. The van der Waals surface area contributed by atoms with Crippen LogP contribution in [-0.4, -0.2) is 17.9 Å². The Balaban J connectivity index is 2.35. The lowest BCUT2D eigenvalue weighted by Gasteiger charge is -2.10. The highest BCUT2D eigenvalue weighted by atomic mass is 127. The van der Waals surface area contributed by atoms with Gasteiger partial charge in [0.15, 0.2) is 11.5 Å². The summed E-state index contributed by atoms with van der Waals surface area (Å²) in [6.45, 7) is 6.11. The highest BCUT2D eigenvalue weighted by Crippen LogP contribution is 2.32. The van der Waals surface area contributed by atoms with Gasteiger partial charge in [-0.1, -0.05) is 12.1 Å². The van der Waals surface area contributed by atoms with Crippen LogP contribution in [0.1, 0.15) is 18.1 Å². The molecule has 0 aliphatic carbocycles. The molecule has 0 atom stereocenters. The molecule has 22 heavy (non-hydrogen) atoms. The van der Waals surface area contributed by atoms with Crippen molar-refractivity contribution in [1.29, 1.82) is 0 Å². The molecule has 114 valence electrons. The molecular weight excluding hydrogens is 389 g/mol. The van der Waals surface area contributed by atoms with Crippen LogP contribution in [0.5, 0.6) is 11.5 Å². The Morgan fingerprint density at radius 3 is 2.82 bits per heavy atom. The third-order valence-corrected chi connectivity index (χ3v) is 3.68. The fourth-order valence-electron chi connectivity index (χ4n) is 2.05. The van der Waals surface area contributed by atoms with Gasteiger partial charge in [0.25, 0.3) is 0 Å². The number of aliphatic imine (C=N–C) groups is 1. The predicted octanol–water partition coefficient (Wildman–Crippen LogP) is 4.87. The van der Waals surface area contributed by atoms with E-state index in [1.54, 1.807) is 18.4 Å². The topological polar surface area (TPSA) is 41.8 Å². The van der Waals surface area contributed by atoms with E-state index in [4.69, 9.17) is 4.74 Å². The van der Waals surface area contributed by atoms with E-state index in [9.17, 15) is 5.11 Å². The van der Waals surface area contributed by atoms with E-state index < -0.39 is 0 Å². The molecule has 0 spiro atoms. The van der Waals surface area contributed by atoms with Crippen molar-refractivity contribution in [1.82, 2.24) is 0 Å². The molecular formula is C18H18INO2. The number of ether oxygens (including phenoxy) is 1. The maximum Gasteiger partial charge on any atom is 0.161 e. The van der Waals surface area contributed by atoms with Crippen LogP contribution in [0.25, 0.3) is 0 Å². The SMILES string of the molecule is C=CCc1cc(C=Nc2cccc(I)c2)cc(OCC)c1O. The maximum atomic E-state index is 10.2. The van der Waals surface area contributed by atoms with Gasteiger partial charge in [-0.3, -0.25) is 4.99 Å². The molecule has 4 heteroatoms. The number of halogens is 1. The lowest BCUT2D eigenvalue weighted by atomic mass is 10.1. The summed E-state index contributed by atoms with van der Waals surface area (Å²) in [6.07, 6.45) is 4.11. The van der Waals surface area contributed by atoms with Crippen molar-refractivity contribution in [2.75, 3.05) is 6.61 Å². The number of hydrogen-bond donors (Lipinski definition) is 1. The number of allylic oxidation sites excluding steroid dienone is 1. The van der Waals surface area contributed by atoms with E-state index in [0.717, 1.165) is 20.4 Å². The molecule has 0 saturated carbocycles. The summed E-state index contributed by atoms with van der Waals surface area (Å²) >= 11 is 2.26. The van der Waals surface area contributed by atoms with E-state index in [0.29, 0.717) is 18.8 Å². The molecule has 0 fully saturated rings. The average molecular weight is 407 g/mol. The smallest absolute Gasteiger partial charge is 0.161 e. The zero-order chi connectivity index (χ0) is 15.9. The molecule has 0 heterocycles. The van der Waals surface area contributed by atoms with Crippen LogP contribution in [0.15, 0.2) is 54.0 Å². The summed E-state index contributed by atoms with van der Waals surface area (Å²) in [5, 5.41) is 10.2. The number of aromatic hydroxyl groups is 1. The van der Waals surface area contributed by atoms with Crippen molar-refractivity contribution in [2.45, 2.75) is 13.3 Å². The van der Waals surface area contributed by atoms with Crippen molar-refractivity contribution >= 4 is 34.5 Å². The van der Waals surface area contributed by atoms with E-state index in [-0.39, 0.29) is 5.75 Å². The van der Waals surface area contributed by atoms with Gasteiger partial charge in [-0.05, 0) is 71.8 Å². The van der Waals surface area contributed by atoms with Crippen molar-refractivity contribution in [3.05, 3.63) is 63.8 Å². The van der Waals surface area contributed by atoms with Crippen molar-refractivity contribution in [3.8, 4) is 11.5 Å². The number of phenols is 1. The predicted molar refractivity (Wildman–Crippen MR) is 99.6 cm³/mol. The number of phenolic OH excluding ortho intramolecular Hbond substituents is 1. The average Bonchev–Trinajstić information content (AvgIpc) is 2.50. The highest BCUT2D eigenvalue weighted by Gasteiger charge is 2.09. The number of nitrogens with zero attached hydrogens (tertiary/aromatic N) is 1. The van der Waals surface area contributed by atoms with Gasteiger partial charge in [0, 0.05) is 15.3 Å². The molecule has 0 radical (unpaired) electrons. The molecule has 2 rings (SSSR count). The van der Waals surface area contributed by atoms with Gasteiger partial charge in [-0.15, -0.1) is 6.58 Å². The van der Waals surface area contributed by atoms with Crippen LogP contribution < -0.4 is 4.74 Å². The van der Waals surface area contributed by atoms with Crippen molar-refractivity contribution in [3.63, 3.8) is 0 Å². The van der Waals surface area contributed by atoms with Gasteiger partial charge in [0.05, 0.1) is 12.3 Å². The largest absolute Gasteiger partial charge is 0.504 e. The van der Waals surface area contributed by atoms with Crippen LogP contribution in [0.3, 0.4) is 0 Å². The second-order valence-corrected chi connectivity index (χ2v) is 5.94. The van der Waals surface area contributed by atoms with Gasteiger partial charge in [-0.25, -0.2) is 0 Å². The van der Waals surface area contributed by atoms with E-state index in [1.807, 2.05) is 37.3 Å². The quantitative estimate of drug-likeness (QED) is 0.422.